The van der Waals surface area contributed by atoms with Gasteiger partial charge >= 0.3 is 5.97 Å². The fraction of sp³-hybridized carbons (Fsp3) is 0.667. The molecule has 0 spiro atoms. The van der Waals surface area contributed by atoms with Gasteiger partial charge in [-0.1, -0.05) is 83.1 Å². The number of aliphatic hydroxyl groups is 1. The summed E-state index contributed by atoms with van der Waals surface area (Å²) < 4.78 is 18.0. The van der Waals surface area contributed by atoms with Crippen LogP contribution in [-0.4, -0.2) is 47.8 Å². The lowest BCUT2D eigenvalue weighted by Gasteiger charge is -2.49. The van der Waals surface area contributed by atoms with E-state index in [0.717, 1.165) is 50.8 Å². The van der Waals surface area contributed by atoms with Crippen molar-refractivity contribution in [3.05, 3.63) is 70.1 Å². The number of methoxy groups -OCH3 is 1. The molecule has 6 unspecified atom stereocenters. The minimum atomic E-state index is -0.367. The zero-order valence-electron chi connectivity index (χ0n) is 28.1. The third-order valence-corrected chi connectivity index (χ3v) is 11.5. The van der Waals surface area contributed by atoms with Gasteiger partial charge in [0.15, 0.2) is 11.5 Å². The Kier molecular flexibility index (Phi) is 10.4. The van der Waals surface area contributed by atoms with Crippen LogP contribution in [0.25, 0.3) is 0 Å². The van der Waals surface area contributed by atoms with Crippen LogP contribution in [0.2, 0.25) is 0 Å². The van der Waals surface area contributed by atoms with E-state index in [9.17, 15) is 9.90 Å². The summed E-state index contributed by atoms with van der Waals surface area (Å²) in [6.45, 7) is 7.16. The average molecular weight is 618 g/mol. The van der Waals surface area contributed by atoms with Gasteiger partial charge in [0, 0.05) is 30.5 Å². The van der Waals surface area contributed by atoms with Crippen molar-refractivity contribution in [3.8, 4) is 0 Å². The number of ether oxygens (including phenoxy) is 3. The fourth-order valence-electron chi connectivity index (χ4n) is 9.16. The summed E-state index contributed by atoms with van der Waals surface area (Å²) in [5.41, 5.74) is 3.36. The molecule has 3 fully saturated rings. The maximum absolute atomic E-state index is 12.5. The Bertz CT molecular complexity index is 1310. The van der Waals surface area contributed by atoms with E-state index in [1.807, 2.05) is 0 Å². The van der Waals surface area contributed by atoms with Crippen molar-refractivity contribution >= 4 is 5.97 Å². The normalized spacial score (nSPS) is 31.5. The number of hydrogen-bond acceptors (Lipinski definition) is 6. The van der Waals surface area contributed by atoms with Crippen molar-refractivity contribution in [3.63, 3.8) is 0 Å². The third kappa shape index (κ3) is 6.93. The van der Waals surface area contributed by atoms with E-state index in [4.69, 9.17) is 14.2 Å². The second kappa shape index (κ2) is 14.5. The molecular formula is C39H55NO5. The smallest absolute Gasteiger partial charge is 0.343 e. The van der Waals surface area contributed by atoms with Crippen LogP contribution in [0, 0.1) is 23.7 Å². The fourth-order valence-corrected chi connectivity index (χ4v) is 9.16. The highest BCUT2D eigenvalue weighted by molar-refractivity contribution is 5.93. The molecule has 0 bridgehead atoms. The molecule has 6 rings (SSSR count). The summed E-state index contributed by atoms with van der Waals surface area (Å²) >= 11 is 0. The standard InChI is InChI=1S/C39H55NO5/c1-5-6-8-13-27-16-11-17-29(20-27)21-30-22-31(33(41)24-28-14-9-7-10-15-28)40-19-12-18-34-35(32(40)23-30)25(2)37(44-34)38-36(43-4)26(3)39(42)45-38/h11,16-18,20,25,28,30-33,35,41H,5-10,12-15,19,21-24H2,1-4H3. The number of carbonyl (C=O) groups is 1. The molecule has 1 N–H and O–H groups in total. The van der Waals surface area contributed by atoms with Gasteiger partial charge in [0.05, 0.1) is 18.8 Å². The lowest BCUT2D eigenvalue weighted by Crippen LogP contribution is -2.57. The molecule has 1 aliphatic carbocycles. The molecule has 6 nitrogen and oxygen atoms in total. The minimum Gasteiger partial charge on any atom is -0.492 e. The number of unbranched alkanes of at least 4 members (excludes halogenated alkanes) is 2. The first-order valence-corrected chi connectivity index (χ1v) is 18.0. The first-order valence-electron chi connectivity index (χ1n) is 18.0. The number of aliphatic hydroxyl groups excluding tert-OH is 1. The van der Waals surface area contributed by atoms with Gasteiger partial charge in [0.25, 0.3) is 0 Å². The van der Waals surface area contributed by atoms with Crippen molar-refractivity contribution in [2.45, 2.75) is 129 Å². The third-order valence-electron chi connectivity index (χ3n) is 11.5. The summed E-state index contributed by atoms with van der Waals surface area (Å²) in [5, 5.41) is 12.0. The monoisotopic (exact) mass is 617 g/mol. The molecule has 4 heterocycles. The van der Waals surface area contributed by atoms with E-state index in [2.05, 4.69) is 49.1 Å². The van der Waals surface area contributed by atoms with Gasteiger partial charge in [-0.05, 0) is 80.9 Å². The molecular weight excluding hydrogens is 562 g/mol. The topological polar surface area (TPSA) is 68.2 Å². The van der Waals surface area contributed by atoms with Crippen LogP contribution in [0.1, 0.15) is 109 Å². The Balaban J connectivity index is 1.29. The molecule has 0 radical (unpaired) electrons. The van der Waals surface area contributed by atoms with Crippen molar-refractivity contribution < 1.29 is 24.1 Å². The van der Waals surface area contributed by atoms with Gasteiger partial charge in [-0.25, -0.2) is 4.79 Å². The number of hydrogen-bond donors (Lipinski definition) is 1. The lowest BCUT2D eigenvalue weighted by atomic mass is 9.73. The summed E-state index contributed by atoms with van der Waals surface area (Å²) in [4.78, 5) is 15.2. The van der Waals surface area contributed by atoms with Gasteiger partial charge in [-0.2, -0.15) is 0 Å². The van der Waals surface area contributed by atoms with Crippen molar-refractivity contribution in [1.82, 2.24) is 4.90 Å². The average Bonchev–Trinajstić information content (AvgIpc) is 3.43. The molecule has 0 amide bonds. The highest BCUT2D eigenvalue weighted by Gasteiger charge is 2.51. The van der Waals surface area contributed by atoms with E-state index in [1.165, 1.54) is 62.5 Å². The van der Waals surface area contributed by atoms with Crippen LogP contribution in [-0.2, 0) is 31.8 Å². The van der Waals surface area contributed by atoms with Crippen LogP contribution in [0.4, 0.5) is 0 Å². The summed E-state index contributed by atoms with van der Waals surface area (Å²) in [6, 6.07) is 9.66. The number of piperidine rings is 1. The Hall–Kier alpha value is -2.57. The molecule has 1 aromatic carbocycles. The highest BCUT2D eigenvalue weighted by atomic mass is 16.6. The lowest BCUT2D eigenvalue weighted by molar-refractivity contribution is -0.133. The Morgan fingerprint density at radius 2 is 1.87 bits per heavy atom. The van der Waals surface area contributed by atoms with Crippen molar-refractivity contribution in [1.29, 1.82) is 0 Å². The second-order valence-electron chi connectivity index (χ2n) is 14.6. The molecule has 1 saturated carbocycles. The summed E-state index contributed by atoms with van der Waals surface area (Å²) in [7, 11) is 1.59. The van der Waals surface area contributed by atoms with E-state index < -0.39 is 0 Å². The predicted octanol–water partition coefficient (Wildman–Crippen LogP) is 8.00. The number of allylic oxidation sites excluding steroid dienone is 1. The van der Waals surface area contributed by atoms with Gasteiger partial charge < -0.3 is 19.3 Å². The zero-order chi connectivity index (χ0) is 31.5. The second-order valence-corrected chi connectivity index (χ2v) is 14.6. The number of cyclic esters (lactones) is 1. The van der Waals surface area contributed by atoms with Gasteiger partial charge in [0.1, 0.15) is 5.76 Å². The Morgan fingerprint density at radius 1 is 1.07 bits per heavy atom. The molecule has 0 aromatic heterocycles. The first kappa shape index (κ1) is 32.4. The van der Waals surface area contributed by atoms with Crippen molar-refractivity contribution in [2.75, 3.05) is 13.7 Å². The first-order chi connectivity index (χ1) is 21.9. The van der Waals surface area contributed by atoms with Crippen LogP contribution < -0.4 is 0 Å². The summed E-state index contributed by atoms with van der Waals surface area (Å²) in [5.74, 6) is 3.53. The van der Waals surface area contributed by atoms with Crippen LogP contribution in [0.15, 0.2) is 59.0 Å². The molecule has 1 aromatic rings. The maximum Gasteiger partial charge on any atom is 0.343 e. The number of esters is 1. The predicted molar refractivity (Wildman–Crippen MR) is 177 cm³/mol. The molecule has 2 saturated heterocycles. The van der Waals surface area contributed by atoms with Crippen molar-refractivity contribution in [2.24, 2.45) is 23.7 Å². The van der Waals surface area contributed by atoms with Crippen LogP contribution >= 0.6 is 0 Å². The number of aryl methyl sites for hydroxylation is 1. The van der Waals surface area contributed by atoms with Crippen LogP contribution in [0.3, 0.4) is 0 Å². The largest absolute Gasteiger partial charge is 0.492 e. The molecule has 45 heavy (non-hydrogen) atoms. The van der Waals surface area contributed by atoms with Crippen LogP contribution in [0.5, 0.6) is 0 Å². The van der Waals surface area contributed by atoms with Gasteiger partial charge in [-0.3, -0.25) is 4.90 Å². The zero-order valence-corrected chi connectivity index (χ0v) is 28.1. The van der Waals surface area contributed by atoms with Gasteiger partial charge in [-0.15, -0.1) is 0 Å². The minimum absolute atomic E-state index is 0.0254. The molecule has 246 valence electrons. The quantitative estimate of drug-likeness (QED) is 0.212. The number of nitrogens with zero attached hydrogens (tertiary/aromatic N) is 1. The highest BCUT2D eigenvalue weighted by Crippen LogP contribution is 2.50. The molecule has 5 aliphatic rings. The van der Waals surface area contributed by atoms with E-state index in [0.29, 0.717) is 34.7 Å². The maximum atomic E-state index is 12.5. The summed E-state index contributed by atoms with van der Waals surface area (Å²) in [6.07, 6.45) is 18.2. The Morgan fingerprint density at radius 3 is 2.64 bits per heavy atom. The molecule has 6 heteroatoms. The number of benzene rings is 1. The number of fused-ring (bicyclic) bond motifs is 3. The Labute approximate surface area is 270 Å². The van der Waals surface area contributed by atoms with E-state index in [1.54, 1.807) is 14.0 Å². The number of rotatable bonds is 10. The molecule has 6 atom stereocenters. The van der Waals surface area contributed by atoms with Gasteiger partial charge in [0.2, 0.25) is 5.76 Å². The molecule has 4 aliphatic heterocycles. The van der Waals surface area contributed by atoms with E-state index >= 15 is 0 Å². The number of carbonyl (C=O) groups excluding carboxylic acids is 1. The SMILES string of the molecule is CCCCCc1cccc(CC2CC(C(O)CC3CCCCC3)N3CCC=C4OC(=C5OC(=O)C(C)=C5OC)C(C)C4C3C2)c1. The van der Waals surface area contributed by atoms with E-state index in [-0.39, 0.29) is 36.0 Å².